The molecule has 0 nitrogen and oxygen atoms in total. The first-order valence-corrected chi connectivity index (χ1v) is 9.49. The zero-order valence-electron chi connectivity index (χ0n) is 13.5. The third-order valence-corrected chi connectivity index (χ3v) is 5.59. The zero-order valence-corrected chi connectivity index (χ0v) is 15.7. The van der Waals surface area contributed by atoms with Gasteiger partial charge in [-0.25, -0.2) is 0 Å². The Morgan fingerprint density at radius 1 is 0.360 bits per heavy atom. The van der Waals surface area contributed by atoms with E-state index in [1.165, 1.54) is 48.1 Å². The van der Waals surface area contributed by atoms with Crippen molar-refractivity contribution in [1.29, 1.82) is 0 Å². The fourth-order valence-corrected chi connectivity index (χ4v) is 4.32. The Kier molecular flexibility index (Phi) is 3.49. The molecule has 0 saturated heterocycles. The highest BCUT2D eigenvalue weighted by Crippen LogP contribution is 2.47. The van der Waals surface area contributed by atoms with Gasteiger partial charge in [0.05, 0.1) is 0 Å². The van der Waals surface area contributed by atoms with Crippen molar-refractivity contribution in [2.24, 2.45) is 0 Å². The van der Waals surface area contributed by atoms with Gasteiger partial charge in [0.1, 0.15) is 0 Å². The van der Waals surface area contributed by atoms with Crippen molar-refractivity contribution in [3.05, 3.63) is 94.6 Å². The average molecular weight is 430 g/mol. The highest BCUT2D eigenvalue weighted by atomic mass is 127. The lowest BCUT2D eigenvalue weighted by Gasteiger charge is -2.23. The second-order valence-electron chi connectivity index (χ2n) is 6.33. The Morgan fingerprint density at radius 2 is 0.680 bits per heavy atom. The normalized spacial score (nSPS) is 11.4. The molecule has 1 aliphatic rings. The predicted octanol–water partition coefficient (Wildman–Crippen LogP) is 7.27. The largest absolute Gasteiger partial charge is 0.0616 e. The lowest BCUT2D eigenvalue weighted by molar-refractivity contribution is 1.51. The van der Waals surface area contributed by atoms with Gasteiger partial charge < -0.3 is 0 Å². The topological polar surface area (TPSA) is 0 Å². The third-order valence-electron chi connectivity index (χ3n) is 4.92. The Bertz CT molecular complexity index is 1100. The van der Waals surface area contributed by atoms with Gasteiger partial charge in [-0.15, -0.1) is 0 Å². The van der Waals surface area contributed by atoms with Crippen molar-refractivity contribution in [3.8, 4) is 44.5 Å². The van der Waals surface area contributed by atoms with E-state index in [2.05, 4.69) is 114 Å². The van der Waals surface area contributed by atoms with Crippen molar-refractivity contribution in [2.75, 3.05) is 0 Å². The van der Waals surface area contributed by atoms with Gasteiger partial charge in [0, 0.05) is 3.57 Å². The van der Waals surface area contributed by atoms with E-state index in [0.717, 1.165) is 0 Å². The predicted molar refractivity (Wildman–Crippen MR) is 114 cm³/mol. The molecule has 1 aliphatic carbocycles. The molecule has 0 saturated carbocycles. The molecule has 0 aromatic heterocycles. The zero-order chi connectivity index (χ0) is 16.8. The van der Waals surface area contributed by atoms with Gasteiger partial charge in [-0.1, -0.05) is 78.9 Å². The van der Waals surface area contributed by atoms with Crippen molar-refractivity contribution >= 4 is 22.6 Å². The molecular weight excluding hydrogens is 415 g/mol. The van der Waals surface area contributed by atoms with Gasteiger partial charge in [0.15, 0.2) is 0 Å². The Labute approximate surface area is 161 Å². The summed E-state index contributed by atoms with van der Waals surface area (Å²) in [6.45, 7) is 0. The average Bonchev–Trinajstić information content (AvgIpc) is 2.67. The summed E-state index contributed by atoms with van der Waals surface area (Å²) in [6.07, 6.45) is 0. The van der Waals surface area contributed by atoms with Crippen LogP contribution in [0.25, 0.3) is 44.5 Å². The first kappa shape index (κ1) is 14.9. The third kappa shape index (κ3) is 2.34. The SMILES string of the molecule is Ic1ccc2c(c1)-c1ccccc1-c1ccccc1-c1ccccc1-2. The second kappa shape index (κ2) is 5.85. The Balaban J connectivity index is 2.01. The van der Waals surface area contributed by atoms with Crippen LogP contribution in [0.2, 0.25) is 0 Å². The highest BCUT2D eigenvalue weighted by Gasteiger charge is 2.21. The van der Waals surface area contributed by atoms with E-state index in [0.29, 0.717) is 0 Å². The smallest absolute Gasteiger partial charge is 0.0136 e. The van der Waals surface area contributed by atoms with Crippen molar-refractivity contribution in [3.63, 3.8) is 0 Å². The fourth-order valence-electron chi connectivity index (χ4n) is 3.83. The van der Waals surface area contributed by atoms with E-state index in [4.69, 9.17) is 0 Å². The molecule has 0 spiro atoms. The first-order valence-electron chi connectivity index (χ1n) is 8.41. The number of rotatable bonds is 0. The van der Waals surface area contributed by atoms with Crippen LogP contribution < -0.4 is 0 Å². The molecular formula is C24H15I. The fraction of sp³-hybridized carbons (Fsp3) is 0. The summed E-state index contributed by atoms with van der Waals surface area (Å²) in [5.41, 5.74) is 10.4. The van der Waals surface area contributed by atoms with Crippen LogP contribution in [0.5, 0.6) is 0 Å². The lowest BCUT2D eigenvalue weighted by atomic mass is 9.81. The lowest BCUT2D eigenvalue weighted by Crippen LogP contribution is -1.97. The minimum absolute atomic E-state index is 1.26. The van der Waals surface area contributed by atoms with E-state index in [9.17, 15) is 0 Å². The molecule has 0 heterocycles. The molecule has 0 fully saturated rings. The molecule has 0 unspecified atom stereocenters. The molecule has 0 bridgehead atoms. The summed E-state index contributed by atoms with van der Waals surface area (Å²) in [6, 6.07) is 33.0. The minimum Gasteiger partial charge on any atom is -0.0616 e. The second-order valence-corrected chi connectivity index (χ2v) is 7.57. The minimum atomic E-state index is 1.26. The van der Waals surface area contributed by atoms with Crippen molar-refractivity contribution in [1.82, 2.24) is 0 Å². The van der Waals surface area contributed by atoms with Gasteiger partial charge >= 0.3 is 0 Å². The molecule has 4 aromatic rings. The van der Waals surface area contributed by atoms with E-state index >= 15 is 0 Å². The summed E-state index contributed by atoms with van der Waals surface area (Å²) >= 11 is 2.41. The van der Waals surface area contributed by atoms with Crippen LogP contribution >= 0.6 is 22.6 Å². The molecule has 5 rings (SSSR count). The molecule has 0 N–H and O–H groups in total. The summed E-state index contributed by atoms with van der Waals surface area (Å²) in [5.74, 6) is 0. The first-order chi connectivity index (χ1) is 12.3. The maximum Gasteiger partial charge on any atom is 0.0136 e. The highest BCUT2D eigenvalue weighted by molar-refractivity contribution is 14.1. The number of benzene rings is 4. The Morgan fingerprint density at radius 3 is 1.08 bits per heavy atom. The molecule has 0 atom stereocenters. The number of hydrogen-bond donors (Lipinski definition) is 0. The van der Waals surface area contributed by atoms with Gasteiger partial charge in [0.2, 0.25) is 0 Å². The van der Waals surface area contributed by atoms with E-state index < -0.39 is 0 Å². The number of fused-ring (bicyclic) bond motifs is 8. The van der Waals surface area contributed by atoms with Crippen LogP contribution in [0.3, 0.4) is 0 Å². The molecule has 4 aromatic carbocycles. The van der Waals surface area contributed by atoms with E-state index in [1.807, 2.05) is 0 Å². The summed E-state index contributed by atoms with van der Waals surface area (Å²) < 4.78 is 1.26. The van der Waals surface area contributed by atoms with Gasteiger partial charge in [-0.3, -0.25) is 0 Å². The quantitative estimate of drug-likeness (QED) is 0.227. The number of halogens is 1. The van der Waals surface area contributed by atoms with Crippen LogP contribution in [-0.4, -0.2) is 0 Å². The van der Waals surface area contributed by atoms with Gasteiger partial charge in [-0.2, -0.15) is 0 Å². The summed E-state index contributed by atoms with van der Waals surface area (Å²) in [4.78, 5) is 0. The van der Waals surface area contributed by atoms with Crippen LogP contribution in [-0.2, 0) is 0 Å². The van der Waals surface area contributed by atoms with Crippen LogP contribution in [0, 0.1) is 3.57 Å². The van der Waals surface area contributed by atoms with Crippen LogP contribution in [0.15, 0.2) is 91.0 Å². The van der Waals surface area contributed by atoms with Crippen LogP contribution in [0.1, 0.15) is 0 Å². The summed E-state index contributed by atoms with van der Waals surface area (Å²) in [7, 11) is 0. The maximum absolute atomic E-state index is 2.41. The van der Waals surface area contributed by atoms with Crippen molar-refractivity contribution in [2.45, 2.75) is 0 Å². The van der Waals surface area contributed by atoms with Gasteiger partial charge in [-0.05, 0) is 79.2 Å². The Hall–Kier alpha value is -2.39. The standard InChI is InChI=1S/C24H15I/c25-16-13-14-23-21-11-4-3-9-19(21)17-7-1-2-8-18(17)20-10-5-6-12-22(20)24(23)15-16/h1-15H. The molecule has 0 radical (unpaired) electrons. The van der Waals surface area contributed by atoms with Crippen molar-refractivity contribution < 1.29 is 0 Å². The van der Waals surface area contributed by atoms with E-state index in [-0.39, 0.29) is 0 Å². The van der Waals surface area contributed by atoms with E-state index in [1.54, 1.807) is 0 Å². The van der Waals surface area contributed by atoms with Gasteiger partial charge in [0.25, 0.3) is 0 Å². The monoisotopic (exact) mass is 430 g/mol. The molecule has 0 aliphatic heterocycles. The summed E-state index contributed by atoms with van der Waals surface area (Å²) in [5, 5.41) is 0. The maximum atomic E-state index is 2.41. The number of hydrogen-bond acceptors (Lipinski definition) is 0. The molecule has 1 heteroatoms. The molecule has 118 valence electrons. The molecule has 25 heavy (non-hydrogen) atoms. The van der Waals surface area contributed by atoms with Crippen LogP contribution in [0.4, 0.5) is 0 Å². The molecule has 0 amide bonds.